The van der Waals surface area contributed by atoms with Crippen LogP contribution in [0.5, 0.6) is 28.7 Å². The van der Waals surface area contributed by atoms with E-state index in [9.17, 15) is 24.6 Å². The van der Waals surface area contributed by atoms with Crippen molar-refractivity contribution < 1.29 is 53.0 Å². The Labute approximate surface area is 358 Å². The number of likely N-dealkylation sites (N-methyl/N-ethyl adjacent to an activating group) is 1. The van der Waals surface area contributed by atoms with Crippen LogP contribution in [0.1, 0.15) is 154 Å². The topological polar surface area (TPSA) is 154 Å². The van der Waals surface area contributed by atoms with E-state index in [0.717, 1.165) is 30.4 Å². The Morgan fingerprint density at radius 3 is 2.20 bits per heavy atom. The number of carbonyl (C=O) groups excluding carboxylic acids is 3. The molecule has 6 aliphatic heterocycles. The Kier molecular flexibility index (Phi) is 14.4. The summed E-state index contributed by atoms with van der Waals surface area (Å²) < 4.78 is 35.9. The zero-order valence-electron chi connectivity index (χ0n) is 36.2. The SMILES string of the molecule is CCCCCCCCCCCCCCCC(=O)OC1CS[C@@H]2c3c(OC(C)=O)c(C)c4c(c3[C@H](COC1=O)N1C2[C@H]2c3c(cc(C)c(OC)c3O)C[C@@H]([C@@H]1O)N2C)OCO4. The number of carbonyl (C=O) groups is 3. The van der Waals surface area contributed by atoms with E-state index in [-0.39, 0.29) is 37.4 Å². The second-order valence-corrected chi connectivity index (χ2v) is 18.4. The summed E-state index contributed by atoms with van der Waals surface area (Å²) in [5.41, 5.74) is 4.22. The summed E-state index contributed by atoms with van der Waals surface area (Å²) in [4.78, 5) is 44.1. The first-order valence-corrected chi connectivity index (χ1v) is 23.2. The lowest BCUT2D eigenvalue weighted by Crippen LogP contribution is -2.69. The molecule has 2 saturated heterocycles. The number of thioether (sulfide) groups is 1. The van der Waals surface area contributed by atoms with E-state index in [1.54, 1.807) is 0 Å². The van der Waals surface area contributed by atoms with Crippen molar-refractivity contribution in [2.45, 2.75) is 166 Å². The summed E-state index contributed by atoms with van der Waals surface area (Å²) in [6.45, 7) is 7.01. The van der Waals surface area contributed by atoms with Gasteiger partial charge in [0.2, 0.25) is 12.9 Å². The normalized spacial score (nSPS) is 25.5. The molecule has 2 fully saturated rings. The minimum absolute atomic E-state index is 0.0291. The summed E-state index contributed by atoms with van der Waals surface area (Å²) in [5.74, 6) is -0.0223. The maximum Gasteiger partial charge on any atom is 0.348 e. The van der Waals surface area contributed by atoms with Crippen LogP contribution >= 0.6 is 11.8 Å². The van der Waals surface area contributed by atoms with Crippen LogP contribution in [-0.4, -0.2) is 95.6 Å². The van der Waals surface area contributed by atoms with Gasteiger partial charge in [0, 0.05) is 47.4 Å². The summed E-state index contributed by atoms with van der Waals surface area (Å²) in [6, 6.07) is -0.228. The van der Waals surface area contributed by atoms with Gasteiger partial charge in [0.25, 0.3) is 0 Å². The number of esters is 3. The maximum absolute atomic E-state index is 13.9. The number of piperazine rings is 1. The number of hydrogen-bond donors (Lipinski definition) is 2. The fourth-order valence-corrected chi connectivity index (χ4v) is 11.8. The number of fused-ring (bicyclic) bond motifs is 10. The number of phenols is 1. The second kappa shape index (κ2) is 19.5. The van der Waals surface area contributed by atoms with Gasteiger partial charge in [-0.2, -0.15) is 0 Å². The third-order valence-corrected chi connectivity index (χ3v) is 14.6. The molecule has 0 aromatic heterocycles. The number of aromatic hydroxyl groups is 1. The summed E-state index contributed by atoms with van der Waals surface area (Å²) >= 11 is 1.37. The zero-order valence-corrected chi connectivity index (χ0v) is 37.0. The Balaban J connectivity index is 1.14. The molecule has 2 unspecified atom stereocenters. The zero-order chi connectivity index (χ0) is 42.7. The van der Waals surface area contributed by atoms with Crippen molar-refractivity contribution in [2.75, 3.05) is 33.3 Å². The lowest BCUT2D eigenvalue weighted by Gasteiger charge is -2.62. The van der Waals surface area contributed by atoms with Crippen LogP contribution in [0.4, 0.5) is 0 Å². The minimum Gasteiger partial charge on any atom is -0.504 e. The number of aryl methyl sites for hydroxylation is 1. The molecular weight excluding hydrogens is 789 g/mol. The van der Waals surface area contributed by atoms with Gasteiger partial charge in [-0.15, -0.1) is 11.8 Å². The first kappa shape index (κ1) is 44.3. The molecule has 6 heterocycles. The maximum atomic E-state index is 13.9. The predicted octanol–water partition coefficient (Wildman–Crippen LogP) is 8.05. The minimum atomic E-state index is -1.19. The van der Waals surface area contributed by atoms with Crippen LogP contribution in [0.15, 0.2) is 6.07 Å². The molecule has 60 heavy (non-hydrogen) atoms. The predicted molar refractivity (Wildman–Crippen MR) is 227 cm³/mol. The number of rotatable bonds is 17. The van der Waals surface area contributed by atoms with Crippen molar-refractivity contribution in [3.05, 3.63) is 39.4 Å². The van der Waals surface area contributed by atoms with Gasteiger partial charge in [-0.05, 0) is 44.9 Å². The molecule has 8 rings (SSSR count). The van der Waals surface area contributed by atoms with Gasteiger partial charge in [-0.3, -0.25) is 19.4 Å². The van der Waals surface area contributed by atoms with Crippen molar-refractivity contribution in [3.63, 3.8) is 0 Å². The lowest BCUT2D eigenvalue weighted by molar-refractivity contribution is -0.188. The monoisotopic (exact) mass is 852 g/mol. The van der Waals surface area contributed by atoms with Crippen LogP contribution < -0.4 is 18.9 Å². The van der Waals surface area contributed by atoms with Crippen LogP contribution in [0.2, 0.25) is 0 Å². The molecule has 14 heteroatoms. The quantitative estimate of drug-likeness (QED) is 0.0896. The highest BCUT2D eigenvalue weighted by molar-refractivity contribution is 7.99. The number of methoxy groups -OCH3 is 1. The molecule has 0 radical (unpaired) electrons. The molecule has 0 amide bonds. The number of nitrogens with zero attached hydrogens (tertiary/aromatic N) is 2. The summed E-state index contributed by atoms with van der Waals surface area (Å²) in [6.07, 6.45) is 13.9. The van der Waals surface area contributed by atoms with Gasteiger partial charge >= 0.3 is 17.9 Å². The van der Waals surface area contributed by atoms with E-state index in [4.69, 9.17) is 28.4 Å². The van der Waals surface area contributed by atoms with E-state index < -0.39 is 53.6 Å². The summed E-state index contributed by atoms with van der Waals surface area (Å²) in [7, 11) is 3.48. The third-order valence-electron chi connectivity index (χ3n) is 13.2. The smallest absolute Gasteiger partial charge is 0.348 e. The Morgan fingerprint density at radius 1 is 0.900 bits per heavy atom. The molecule has 2 aromatic carbocycles. The number of phenolic OH excluding ortho intramolecular Hbond substituents is 1. The standard InChI is InChI=1S/C46H64N2O11S/c1-7-8-9-10-11-12-13-14-15-16-17-18-19-20-33(50)59-32-24-60-44-36-35(43-42(56-25-57-43)27(3)41(36)58-28(4)49)31(23-55-46(32)53)48-38(44)37-34-29(22-30(45(48)52)47(37)5)21-26(2)40(54-6)39(34)51/h21,30-32,37-38,44-45,51-52H,7-20,22-25H2,1-6H3/t30-,31-,32?,37+,38?,44+,45-/m0/s1. The van der Waals surface area contributed by atoms with E-state index in [2.05, 4.69) is 11.8 Å². The molecule has 7 atom stereocenters. The highest BCUT2D eigenvalue weighted by atomic mass is 32.2. The van der Waals surface area contributed by atoms with Crippen LogP contribution in [-0.2, 0) is 30.3 Å². The molecule has 13 nitrogen and oxygen atoms in total. The van der Waals surface area contributed by atoms with E-state index >= 15 is 0 Å². The Morgan fingerprint density at radius 2 is 1.55 bits per heavy atom. The molecule has 6 aliphatic rings. The number of benzene rings is 2. The molecule has 2 aromatic rings. The Hall–Kier alpha value is -3.72. The van der Waals surface area contributed by atoms with Crippen LogP contribution in [0, 0.1) is 13.8 Å². The molecule has 0 spiro atoms. The highest BCUT2D eigenvalue weighted by Crippen LogP contribution is 2.64. The molecule has 0 saturated carbocycles. The fourth-order valence-electron chi connectivity index (χ4n) is 10.3. The van der Waals surface area contributed by atoms with Crippen molar-refractivity contribution in [1.29, 1.82) is 0 Å². The lowest BCUT2D eigenvalue weighted by atomic mass is 9.73. The van der Waals surface area contributed by atoms with Gasteiger partial charge in [0.05, 0.1) is 30.5 Å². The Bertz CT molecular complexity index is 1910. The number of hydrogen-bond acceptors (Lipinski definition) is 14. The molecule has 0 aliphatic carbocycles. The van der Waals surface area contributed by atoms with Gasteiger partial charge in [0.1, 0.15) is 18.6 Å². The first-order chi connectivity index (χ1) is 29.0. The van der Waals surface area contributed by atoms with Crippen molar-refractivity contribution in [2.24, 2.45) is 0 Å². The number of aliphatic hydroxyl groups is 1. The first-order valence-electron chi connectivity index (χ1n) is 22.2. The number of unbranched alkanes of at least 4 members (excludes halogenated alkanes) is 12. The van der Waals surface area contributed by atoms with Gasteiger partial charge in [-0.25, -0.2) is 4.79 Å². The molecule has 2 N–H and O–H groups in total. The molecular formula is C46H64N2O11S. The van der Waals surface area contributed by atoms with E-state index in [0.29, 0.717) is 58.1 Å². The number of ether oxygens (including phenoxy) is 6. The average molecular weight is 853 g/mol. The van der Waals surface area contributed by atoms with Gasteiger partial charge in [0.15, 0.2) is 23.0 Å². The molecule has 4 bridgehead atoms. The van der Waals surface area contributed by atoms with Gasteiger partial charge in [-0.1, -0.05) is 90.0 Å². The largest absolute Gasteiger partial charge is 0.504 e. The third kappa shape index (κ3) is 8.67. The summed E-state index contributed by atoms with van der Waals surface area (Å²) in [5, 5.41) is 23.8. The van der Waals surface area contributed by atoms with Crippen LogP contribution in [0.25, 0.3) is 0 Å². The number of aliphatic hydroxyl groups excluding tert-OH is 1. The van der Waals surface area contributed by atoms with Crippen molar-refractivity contribution in [3.8, 4) is 28.7 Å². The van der Waals surface area contributed by atoms with Gasteiger partial charge < -0.3 is 38.6 Å². The average Bonchev–Trinajstić information content (AvgIpc) is 3.71. The van der Waals surface area contributed by atoms with Crippen LogP contribution in [0.3, 0.4) is 0 Å². The van der Waals surface area contributed by atoms with E-state index in [1.807, 2.05) is 31.9 Å². The van der Waals surface area contributed by atoms with Crippen molar-refractivity contribution >= 4 is 29.7 Å². The van der Waals surface area contributed by atoms with E-state index in [1.165, 1.54) is 83.6 Å². The molecule has 330 valence electrons. The fraction of sp³-hybridized carbons (Fsp3) is 0.674. The second-order valence-electron chi connectivity index (χ2n) is 17.2. The van der Waals surface area contributed by atoms with Crippen molar-refractivity contribution in [1.82, 2.24) is 9.80 Å². The highest BCUT2D eigenvalue weighted by Gasteiger charge is 2.60.